The number of anilines is 2. The van der Waals surface area contributed by atoms with E-state index in [9.17, 15) is 4.79 Å². The number of hydrogen-bond donors (Lipinski definition) is 2. The van der Waals surface area contributed by atoms with E-state index in [0.717, 1.165) is 37.3 Å². The summed E-state index contributed by atoms with van der Waals surface area (Å²) in [7, 11) is 0. The molecule has 0 aromatic heterocycles. The number of para-hydroxylation sites is 2. The van der Waals surface area contributed by atoms with E-state index in [1.54, 1.807) is 12.1 Å². The first-order valence-corrected chi connectivity index (χ1v) is 9.74. The number of nitrogens with zero attached hydrogens (tertiary/aromatic N) is 1. The van der Waals surface area contributed by atoms with Gasteiger partial charge in [-0.1, -0.05) is 35.9 Å². The van der Waals surface area contributed by atoms with Gasteiger partial charge >= 0.3 is 0 Å². The third kappa shape index (κ3) is 5.58. The quantitative estimate of drug-likeness (QED) is 0.732. The molecule has 1 aliphatic heterocycles. The van der Waals surface area contributed by atoms with Crippen LogP contribution in [0.2, 0.25) is 5.02 Å². The summed E-state index contributed by atoms with van der Waals surface area (Å²) in [6, 6.07) is 14.8. The van der Waals surface area contributed by atoms with Gasteiger partial charge in [0.15, 0.2) is 11.7 Å². The van der Waals surface area contributed by atoms with E-state index in [1.807, 2.05) is 36.4 Å². The van der Waals surface area contributed by atoms with Crippen molar-refractivity contribution in [3.63, 3.8) is 0 Å². The number of hydrogen-bond acceptors (Lipinski definition) is 4. The van der Waals surface area contributed by atoms with Gasteiger partial charge in [0.05, 0.1) is 16.4 Å². The molecular weight excluding hydrogens is 382 g/mol. The molecule has 2 aromatic carbocycles. The zero-order chi connectivity index (χ0) is 19.1. The van der Waals surface area contributed by atoms with Crippen LogP contribution in [0.1, 0.15) is 19.3 Å². The van der Waals surface area contributed by atoms with Crippen LogP contribution in [0.15, 0.2) is 48.5 Å². The number of benzene rings is 2. The van der Waals surface area contributed by atoms with Crippen LogP contribution in [0.4, 0.5) is 11.4 Å². The molecule has 0 atom stereocenters. The lowest BCUT2D eigenvalue weighted by molar-refractivity contribution is -0.121. The summed E-state index contributed by atoms with van der Waals surface area (Å²) in [5.74, 6) is 0.312. The molecule has 2 N–H and O–H groups in total. The summed E-state index contributed by atoms with van der Waals surface area (Å²) >= 11 is 11.7. The first-order valence-electron chi connectivity index (χ1n) is 8.95. The molecule has 5 nitrogen and oxygen atoms in total. The van der Waals surface area contributed by atoms with Crippen molar-refractivity contribution in [3.8, 4) is 5.75 Å². The fraction of sp³-hybridized carbons (Fsp3) is 0.300. The van der Waals surface area contributed by atoms with E-state index in [4.69, 9.17) is 28.6 Å². The van der Waals surface area contributed by atoms with Crippen molar-refractivity contribution in [3.05, 3.63) is 53.6 Å². The van der Waals surface area contributed by atoms with Crippen molar-refractivity contribution in [2.75, 3.05) is 29.9 Å². The van der Waals surface area contributed by atoms with Crippen molar-refractivity contribution in [2.45, 2.75) is 19.3 Å². The van der Waals surface area contributed by atoms with Gasteiger partial charge in [0.1, 0.15) is 5.75 Å². The van der Waals surface area contributed by atoms with E-state index in [0.29, 0.717) is 10.8 Å². The second kappa shape index (κ2) is 9.58. The molecule has 0 saturated carbocycles. The second-order valence-electron chi connectivity index (χ2n) is 6.29. The molecule has 0 radical (unpaired) electrons. The van der Waals surface area contributed by atoms with Crippen LogP contribution >= 0.6 is 23.8 Å². The van der Waals surface area contributed by atoms with Crippen molar-refractivity contribution in [1.82, 2.24) is 5.32 Å². The maximum absolute atomic E-state index is 12.1. The molecule has 0 aliphatic carbocycles. The van der Waals surface area contributed by atoms with Crippen molar-refractivity contribution >= 4 is 46.2 Å². The Morgan fingerprint density at radius 3 is 2.56 bits per heavy atom. The SMILES string of the molecule is O=C(COc1ccccc1)NC(=S)Nc1cccc(Cl)c1N1CCCCC1. The van der Waals surface area contributed by atoms with Crippen LogP contribution in [0.5, 0.6) is 5.75 Å². The summed E-state index contributed by atoms with van der Waals surface area (Å²) in [6.07, 6.45) is 3.52. The first-order chi connectivity index (χ1) is 13.1. The molecule has 3 rings (SSSR count). The average Bonchev–Trinajstić information content (AvgIpc) is 2.68. The van der Waals surface area contributed by atoms with Gasteiger partial charge < -0.3 is 15.0 Å². The highest BCUT2D eigenvalue weighted by Crippen LogP contribution is 2.35. The number of nitrogens with one attached hydrogen (secondary N) is 2. The normalized spacial score (nSPS) is 13.7. The summed E-state index contributed by atoms with van der Waals surface area (Å²) in [4.78, 5) is 14.3. The van der Waals surface area contributed by atoms with Gasteiger partial charge in [0.25, 0.3) is 5.91 Å². The number of carbonyl (C=O) groups is 1. The third-order valence-corrected chi connectivity index (χ3v) is 4.78. The Bertz CT molecular complexity index is 795. The molecule has 0 spiro atoms. The Morgan fingerprint density at radius 1 is 1.07 bits per heavy atom. The van der Waals surface area contributed by atoms with Crippen LogP contribution in [0, 0.1) is 0 Å². The Balaban J connectivity index is 1.59. The number of piperidine rings is 1. The van der Waals surface area contributed by atoms with E-state index in [2.05, 4.69) is 15.5 Å². The van der Waals surface area contributed by atoms with Crippen LogP contribution < -0.4 is 20.3 Å². The fourth-order valence-corrected chi connectivity index (χ4v) is 3.55. The third-order valence-electron chi connectivity index (χ3n) is 4.27. The highest BCUT2D eigenvalue weighted by Gasteiger charge is 2.18. The predicted molar refractivity (Wildman–Crippen MR) is 114 cm³/mol. The number of rotatable bonds is 5. The second-order valence-corrected chi connectivity index (χ2v) is 7.10. The predicted octanol–water partition coefficient (Wildman–Crippen LogP) is 4.22. The number of amides is 1. The first kappa shape index (κ1) is 19.5. The molecule has 1 saturated heterocycles. The summed E-state index contributed by atoms with van der Waals surface area (Å²) in [5.41, 5.74) is 1.72. The van der Waals surface area contributed by atoms with Crippen molar-refractivity contribution < 1.29 is 9.53 Å². The minimum Gasteiger partial charge on any atom is -0.484 e. The molecule has 1 aliphatic rings. The van der Waals surface area contributed by atoms with Crippen molar-refractivity contribution in [2.24, 2.45) is 0 Å². The summed E-state index contributed by atoms with van der Waals surface area (Å²) in [5, 5.41) is 6.63. The van der Waals surface area contributed by atoms with E-state index in [-0.39, 0.29) is 17.6 Å². The molecule has 0 bridgehead atoms. The molecule has 1 fully saturated rings. The highest BCUT2D eigenvalue weighted by atomic mass is 35.5. The van der Waals surface area contributed by atoms with E-state index in [1.165, 1.54) is 6.42 Å². The van der Waals surface area contributed by atoms with Gasteiger partial charge in [-0.2, -0.15) is 0 Å². The van der Waals surface area contributed by atoms with Gasteiger partial charge in [0.2, 0.25) is 0 Å². The highest BCUT2D eigenvalue weighted by molar-refractivity contribution is 7.80. The lowest BCUT2D eigenvalue weighted by atomic mass is 10.1. The Morgan fingerprint density at radius 2 is 1.81 bits per heavy atom. The minimum atomic E-state index is -0.321. The van der Waals surface area contributed by atoms with E-state index >= 15 is 0 Å². The molecule has 7 heteroatoms. The molecule has 27 heavy (non-hydrogen) atoms. The van der Waals surface area contributed by atoms with Gasteiger partial charge in [-0.05, 0) is 55.7 Å². The molecule has 142 valence electrons. The maximum Gasteiger partial charge on any atom is 0.264 e. The van der Waals surface area contributed by atoms with Gasteiger partial charge in [-0.25, -0.2) is 0 Å². The number of ether oxygens (including phenoxy) is 1. The zero-order valence-corrected chi connectivity index (χ0v) is 16.5. The zero-order valence-electron chi connectivity index (χ0n) is 14.9. The van der Waals surface area contributed by atoms with Gasteiger partial charge in [-0.15, -0.1) is 0 Å². The lowest BCUT2D eigenvalue weighted by Crippen LogP contribution is -2.38. The number of thiocarbonyl (C=S) groups is 1. The van der Waals surface area contributed by atoms with Gasteiger partial charge in [0, 0.05) is 13.1 Å². The van der Waals surface area contributed by atoms with Crippen molar-refractivity contribution in [1.29, 1.82) is 0 Å². The summed E-state index contributed by atoms with van der Waals surface area (Å²) < 4.78 is 5.43. The average molecular weight is 404 g/mol. The molecule has 1 heterocycles. The minimum absolute atomic E-state index is 0.111. The molecule has 2 aromatic rings. The molecule has 0 unspecified atom stereocenters. The van der Waals surface area contributed by atoms with Crippen LogP contribution in [-0.2, 0) is 4.79 Å². The molecular formula is C20H22ClN3O2S. The maximum atomic E-state index is 12.1. The smallest absolute Gasteiger partial charge is 0.264 e. The largest absolute Gasteiger partial charge is 0.484 e. The lowest BCUT2D eigenvalue weighted by Gasteiger charge is -2.31. The van der Waals surface area contributed by atoms with E-state index < -0.39 is 0 Å². The Labute approximate surface area is 169 Å². The Hall–Kier alpha value is -2.31. The number of halogens is 1. The number of carbonyl (C=O) groups excluding carboxylic acids is 1. The summed E-state index contributed by atoms with van der Waals surface area (Å²) in [6.45, 7) is 1.81. The monoisotopic (exact) mass is 403 g/mol. The van der Waals surface area contributed by atoms with Gasteiger partial charge in [-0.3, -0.25) is 10.1 Å². The van der Waals surface area contributed by atoms with Crippen LogP contribution in [0.25, 0.3) is 0 Å². The standard InChI is InChI=1S/C20H22ClN3O2S/c21-16-10-7-11-17(19(16)24-12-5-2-6-13-24)22-20(27)23-18(25)14-26-15-8-3-1-4-9-15/h1,3-4,7-11H,2,5-6,12-14H2,(H2,22,23,25,27). The topological polar surface area (TPSA) is 53.6 Å². The fourth-order valence-electron chi connectivity index (χ4n) is 3.04. The van der Waals surface area contributed by atoms with Crippen LogP contribution in [-0.4, -0.2) is 30.7 Å². The Kier molecular flexibility index (Phi) is 6.90. The van der Waals surface area contributed by atoms with Crippen LogP contribution in [0.3, 0.4) is 0 Å². The molecule has 1 amide bonds.